The molecule has 1 aromatic rings. The lowest BCUT2D eigenvalue weighted by atomic mass is 10.2. The van der Waals surface area contributed by atoms with E-state index in [0.717, 1.165) is 0 Å². The van der Waals surface area contributed by atoms with Crippen molar-refractivity contribution in [3.8, 4) is 0 Å². The Labute approximate surface area is 104 Å². The maximum atomic E-state index is 11.5. The van der Waals surface area contributed by atoms with Crippen LogP contribution in [0.1, 0.15) is 13.8 Å². The molecule has 8 heteroatoms. The fourth-order valence-electron chi connectivity index (χ4n) is 1.03. The molecule has 1 amide bonds. The van der Waals surface area contributed by atoms with Crippen LogP contribution in [0.15, 0.2) is 5.16 Å². The summed E-state index contributed by atoms with van der Waals surface area (Å²) >= 11 is 1.26. The van der Waals surface area contributed by atoms with E-state index in [1.165, 1.54) is 16.4 Å². The molecule has 17 heavy (non-hydrogen) atoms. The number of aliphatic hydroxyl groups is 1. The zero-order valence-corrected chi connectivity index (χ0v) is 10.8. The summed E-state index contributed by atoms with van der Waals surface area (Å²) in [5.41, 5.74) is 0. The van der Waals surface area contributed by atoms with E-state index in [1.54, 1.807) is 0 Å². The number of amides is 1. The maximum Gasteiger partial charge on any atom is 0.230 e. The van der Waals surface area contributed by atoms with Crippen molar-refractivity contribution in [1.29, 1.82) is 0 Å². The second-order valence-electron chi connectivity index (χ2n) is 3.89. The highest BCUT2D eigenvalue weighted by Crippen LogP contribution is 2.12. The smallest absolute Gasteiger partial charge is 0.230 e. The first-order chi connectivity index (χ1) is 8.13. The molecule has 1 rings (SSSR count). The van der Waals surface area contributed by atoms with E-state index in [-0.39, 0.29) is 18.3 Å². The van der Waals surface area contributed by atoms with E-state index in [1.807, 2.05) is 13.8 Å². The summed E-state index contributed by atoms with van der Waals surface area (Å²) < 4.78 is 1.47. The number of thioether (sulfide) groups is 1. The van der Waals surface area contributed by atoms with E-state index in [9.17, 15) is 4.79 Å². The molecule has 0 aliphatic rings. The fraction of sp³-hybridized carbons (Fsp3) is 0.778. The Morgan fingerprint density at radius 1 is 1.59 bits per heavy atom. The number of nitrogens with one attached hydrogen (secondary N) is 1. The molecule has 0 atom stereocenters. The summed E-state index contributed by atoms with van der Waals surface area (Å²) in [5, 5.41) is 23.1. The number of tetrazole rings is 1. The van der Waals surface area contributed by atoms with Crippen LogP contribution in [-0.4, -0.2) is 50.1 Å². The van der Waals surface area contributed by atoms with Crippen LogP contribution >= 0.6 is 11.8 Å². The fourth-order valence-corrected chi connectivity index (χ4v) is 1.77. The van der Waals surface area contributed by atoms with Crippen LogP contribution in [0, 0.1) is 5.92 Å². The van der Waals surface area contributed by atoms with Gasteiger partial charge in [0.05, 0.1) is 18.9 Å². The Bertz CT molecular complexity index is 355. The quantitative estimate of drug-likeness (QED) is 0.643. The van der Waals surface area contributed by atoms with Gasteiger partial charge in [-0.2, -0.15) is 0 Å². The molecule has 2 N–H and O–H groups in total. The van der Waals surface area contributed by atoms with Crippen molar-refractivity contribution in [3.05, 3.63) is 0 Å². The number of carbonyl (C=O) groups is 1. The van der Waals surface area contributed by atoms with Crippen LogP contribution < -0.4 is 5.32 Å². The van der Waals surface area contributed by atoms with Gasteiger partial charge in [-0.25, -0.2) is 4.68 Å². The van der Waals surface area contributed by atoms with E-state index in [4.69, 9.17) is 5.11 Å². The van der Waals surface area contributed by atoms with Gasteiger partial charge in [-0.05, 0) is 16.3 Å². The summed E-state index contributed by atoms with van der Waals surface area (Å²) in [7, 11) is 0. The Kier molecular flexibility index (Phi) is 5.92. The van der Waals surface area contributed by atoms with Crippen molar-refractivity contribution >= 4 is 17.7 Å². The topological polar surface area (TPSA) is 92.9 Å². The Hall–Kier alpha value is -1.15. The maximum absolute atomic E-state index is 11.5. The summed E-state index contributed by atoms with van der Waals surface area (Å²) in [4.78, 5) is 11.5. The molecule has 96 valence electrons. The molecule has 0 saturated carbocycles. The lowest BCUT2D eigenvalue weighted by Gasteiger charge is -2.07. The van der Waals surface area contributed by atoms with Crippen molar-refractivity contribution in [1.82, 2.24) is 25.5 Å². The van der Waals surface area contributed by atoms with Gasteiger partial charge in [-0.15, -0.1) is 5.10 Å². The number of nitrogens with zero attached hydrogens (tertiary/aromatic N) is 4. The summed E-state index contributed by atoms with van der Waals surface area (Å²) in [6.07, 6.45) is 0. The van der Waals surface area contributed by atoms with Crippen LogP contribution in [0.25, 0.3) is 0 Å². The molecule has 1 heterocycles. The molecule has 7 nitrogen and oxygen atoms in total. The third-order valence-electron chi connectivity index (χ3n) is 1.85. The molecule has 1 aromatic heterocycles. The SMILES string of the molecule is CC(C)CNC(=O)CSc1nnnn1CCO. The molecular formula is C9H17N5O2S. The summed E-state index contributed by atoms with van der Waals surface area (Å²) in [5.74, 6) is 0.671. The molecule has 0 spiro atoms. The van der Waals surface area contributed by atoms with E-state index in [2.05, 4.69) is 20.8 Å². The van der Waals surface area contributed by atoms with Crippen molar-refractivity contribution in [2.45, 2.75) is 25.5 Å². The van der Waals surface area contributed by atoms with Crippen LogP contribution in [-0.2, 0) is 11.3 Å². The lowest BCUT2D eigenvalue weighted by Crippen LogP contribution is -2.28. The molecule has 0 fully saturated rings. The van der Waals surface area contributed by atoms with Gasteiger partial charge in [0, 0.05) is 6.54 Å². The molecule has 0 radical (unpaired) electrons. The van der Waals surface area contributed by atoms with Gasteiger partial charge < -0.3 is 10.4 Å². The Morgan fingerprint density at radius 2 is 2.35 bits per heavy atom. The average Bonchev–Trinajstić information content (AvgIpc) is 2.71. The molecular weight excluding hydrogens is 242 g/mol. The van der Waals surface area contributed by atoms with Crippen molar-refractivity contribution in [3.63, 3.8) is 0 Å². The van der Waals surface area contributed by atoms with Crippen molar-refractivity contribution in [2.24, 2.45) is 5.92 Å². The number of hydrogen-bond acceptors (Lipinski definition) is 6. The number of aromatic nitrogens is 4. The zero-order chi connectivity index (χ0) is 12.7. The van der Waals surface area contributed by atoms with Gasteiger partial charge >= 0.3 is 0 Å². The largest absolute Gasteiger partial charge is 0.394 e. The van der Waals surface area contributed by atoms with Gasteiger partial charge in [-0.1, -0.05) is 25.6 Å². The Balaban J connectivity index is 2.34. The first kappa shape index (κ1) is 13.9. The van der Waals surface area contributed by atoms with Crippen LogP contribution in [0.2, 0.25) is 0 Å². The minimum Gasteiger partial charge on any atom is -0.394 e. The second-order valence-corrected chi connectivity index (χ2v) is 4.84. The van der Waals surface area contributed by atoms with Gasteiger partial charge in [0.25, 0.3) is 0 Å². The van der Waals surface area contributed by atoms with Crippen LogP contribution in [0.5, 0.6) is 0 Å². The number of rotatable bonds is 7. The Morgan fingerprint density at radius 3 is 3.00 bits per heavy atom. The van der Waals surface area contributed by atoms with Crippen LogP contribution in [0.4, 0.5) is 0 Å². The van der Waals surface area contributed by atoms with E-state index in [0.29, 0.717) is 24.2 Å². The van der Waals surface area contributed by atoms with Gasteiger partial charge in [0.15, 0.2) is 0 Å². The molecule has 0 bridgehead atoms. The molecule has 0 saturated heterocycles. The number of carbonyl (C=O) groups excluding carboxylic acids is 1. The summed E-state index contributed by atoms with van der Waals surface area (Å²) in [6, 6.07) is 0. The normalized spacial score (nSPS) is 10.8. The third kappa shape index (κ3) is 5.14. The first-order valence-electron chi connectivity index (χ1n) is 5.40. The second kappa shape index (κ2) is 7.23. The zero-order valence-electron chi connectivity index (χ0n) is 9.96. The van der Waals surface area contributed by atoms with Gasteiger partial charge in [0.2, 0.25) is 11.1 Å². The predicted octanol–water partition coefficient (Wildman–Crippen LogP) is -0.470. The summed E-state index contributed by atoms with van der Waals surface area (Å²) in [6.45, 7) is 5.05. The third-order valence-corrected chi connectivity index (χ3v) is 2.81. The standard InChI is InChI=1S/C9H17N5O2S/c1-7(2)5-10-8(16)6-17-9-11-12-13-14(9)3-4-15/h7,15H,3-6H2,1-2H3,(H,10,16). The monoisotopic (exact) mass is 259 g/mol. The number of aliphatic hydroxyl groups excluding tert-OH is 1. The highest BCUT2D eigenvalue weighted by molar-refractivity contribution is 7.99. The van der Waals surface area contributed by atoms with Gasteiger partial charge in [-0.3, -0.25) is 4.79 Å². The molecule has 0 aliphatic heterocycles. The predicted molar refractivity (Wildman–Crippen MR) is 63.5 cm³/mol. The van der Waals surface area contributed by atoms with E-state index >= 15 is 0 Å². The highest BCUT2D eigenvalue weighted by Gasteiger charge is 2.09. The first-order valence-corrected chi connectivity index (χ1v) is 6.38. The molecule has 0 unspecified atom stereocenters. The average molecular weight is 259 g/mol. The van der Waals surface area contributed by atoms with Crippen molar-refractivity contribution in [2.75, 3.05) is 18.9 Å². The van der Waals surface area contributed by atoms with Crippen molar-refractivity contribution < 1.29 is 9.90 Å². The highest BCUT2D eigenvalue weighted by atomic mass is 32.2. The van der Waals surface area contributed by atoms with Gasteiger partial charge in [0.1, 0.15) is 0 Å². The number of hydrogen-bond donors (Lipinski definition) is 2. The van der Waals surface area contributed by atoms with E-state index < -0.39 is 0 Å². The van der Waals surface area contributed by atoms with Crippen LogP contribution in [0.3, 0.4) is 0 Å². The minimum atomic E-state index is -0.0396. The minimum absolute atomic E-state index is 0.0296. The lowest BCUT2D eigenvalue weighted by molar-refractivity contribution is -0.118. The molecule has 0 aromatic carbocycles. The molecule has 0 aliphatic carbocycles.